The van der Waals surface area contributed by atoms with Gasteiger partial charge in [0.25, 0.3) is 0 Å². The van der Waals surface area contributed by atoms with Crippen LogP contribution in [0, 0.1) is 18.6 Å². The third-order valence-electron chi connectivity index (χ3n) is 4.50. The Morgan fingerprint density at radius 3 is 2.57 bits per heavy atom. The third kappa shape index (κ3) is 3.66. The summed E-state index contributed by atoms with van der Waals surface area (Å²) in [5, 5.41) is 4.45. The molecule has 2 aromatic heterocycles. The van der Waals surface area contributed by atoms with Crippen molar-refractivity contribution in [2.24, 2.45) is 0 Å². The van der Waals surface area contributed by atoms with E-state index >= 15 is 0 Å². The first-order valence-electron chi connectivity index (χ1n) is 8.73. The van der Waals surface area contributed by atoms with E-state index in [2.05, 4.69) is 10.3 Å². The Kier molecular flexibility index (Phi) is 4.92. The van der Waals surface area contributed by atoms with Crippen LogP contribution in [0.25, 0.3) is 16.2 Å². The number of hydrogen-bond acceptors (Lipinski definition) is 3. The minimum absolute atomic E-state index is 0.0970. The summed E-state index contributed by atoms with van der Waals surface area (Å²) in [7, 11) is 0. The fourth-order valence-corrected chi connectivity index (χ4v) is 3.81. The average molecular weight is 397 g/mol. The zero-order valence-corrected chi connectivity index (χ0v) is 15.9. The highest BCUT2D eigenvalue weighted by Crippen LogP contribution is 2.24. The minimum Gasteiger partial charge on any atom is -0.351 e. The lowest BCUT2D eigenvalue weighted by Crippen LogP contribution is -2.26. The van der Waals surface area contributed by atoms with Crippen LogP contribution in [0.15, 0.2) is 54.0 Å². The number of fused-ring (bicyclic) bond motifs is 1. The van der Waals surface area contributed by atoms with Gasteiger partial charge in [-0.05, 0) is 19.1 Å². The summed E-state index contributed by atoms with van der Waals surface area (Å²) in [4.78, 5) is 17.7. The van der Waals surface area contributed by atoms with Crippen molar-refractivity contribution in [3.05, 3.63) is 82.5 Å². The van der Waals surface area contributed by atoms with Crippen LogP contribution in [-0.4, -0.2) is 15.3 Å². The van der Waals surface area contributed by atoms with Crippen molar-refractivity contribution in [3.8, 4) is 11.3 Å². The molecule has 2 aromatic carbocycles. The van der Waals surface area contributed by atoms with E-state index < -0.39 is 11.6 Å². The minimum atomic E-state index is -0.671. The summed E-state index contributed by atoms with van der Waals surface area (Å²) in [6, 6.07) is 11.7. The van der Waals surface area contributed by atoms with Crippen molar-refractivity contribution in [1.29, 1.82) is 0 Å². The monoisotopic (exact) mass is 397 g/mol. The number of amides is 1. The molecule has 4 aromatic rings. The van der Waals surface area contributed by atoms with E-state index in [0.29, 0.717) is 0 Å². The Bertz CT molecular complexity index is 1130. The largest absolute Gasteiger partial charge is 0.351 e. The Balaban J connectivity index is 1.48. The van der Waals surface area contributed by atoms with Crippen LogP contribution >= 0.6 is 11.3 Å². The highest BCUT2D eigenvalue weighted by molar-refractivity contribution is 7.15. The fourth-order valence-electron chi connectivity index (χ4n) is 2.94. The Labute approximate surface area is 164 Å². The van der Waals surface area contributed by atoms with E-state index in [-0.39, 0.29) is 24.4 Å². The molecule has 0 aliphatic rings. The Morgan fingerprint density at radius 2 is 1.86 bits per heavy atom. The van der Waals surface area contributed by atoms with Crippen LogP contribution in [0.3, 0.4) is 0 Å². The predicted molar refractivity (Wildman–Crippen MR) is 105 cm³/mol. The molecule has 0 aliphatic heterocycles. The SMILES string of the molecule is Cc1ccc(-c2cn3c(CC(=O)NCc4c(F)cccc4F)csc3n2)cc1. The highest BCUT2D eigenvalue weighted by atomic mass is 32.1. The summed E-state index contributed by atoms with van der Waals surface area (Å²) in [6.45, 7) is 1.84. The van der Waals surface area contributed by atoms with Crippen molar-refractivity contribution in [3.63, 3.8) is 0 Å². The molecule has 0 atom stereocenters. The van der Waals surface area contributed by atoms with E-state index in [0.717, 1.165) is 21.9 Å². The van der Waals surface area contributed by atoms with Crippen LogP contribution in [-0.2, 0) is 17.8 Å². The molecule has 4 rings (SSSR count). The maximum atomic E-state index is 13.7. The van der Waals surface area contributed by atoms with Gasteiger partial charge in [0.15, 0.2) is 4.96 Å². The second-order valence-electron chi connectivity index (χ2n) is 6.53. The normalized spacial score (nSPS) is 11.1. The number of rotatable bonds is 5. The maximum absolute atomic E-state index is 13.7. The van der Waals surface area contributed by atoms with Gasteiger partial charge in [-0.1, -0.05) is 35.9 Å². The van der Waals surface area contributed by atoms with Gasteiger partial charge in [0.05, 0.1) is 12.1 Å². The van der Waals surface area contributed by atoms with Crippen molar-refractivity contribution in [2.45, 2.75) is 19.9 Å². The third-order valence-corrected chi connectivity index (χ3v) is 5.39. The van der Waals surface area contributed by atoms with Gasteiger partial charge in [-0.15, -0.1) is 11.3 Å². The number of benzene rings is 2. The van der Waals surface area contributed by atoms with Crippen molar-refractivity contribution in [1.82, 2.24) is 14.7 Å². The number of thiazole rings is 1. The molecule has 142 valence electrons. The summed E-state index contributed by atoms with van der Waals surface area (Å²) in [5.41, 5.74) is 3.65. The van der Waals surface area contributed by atoms with E-state index in [4.69, 9.17) is 0 Å². The van der Waals surface area contributed by atoms with Crippen LogP contribution in [0.5, 0.6) is 0 Å². The molecule has 0 aliphatic carbocycles. The number of nitrogens with one attached hydrogen (secondary N) is 1. The topological polar surface area (TPSA) is 46.4 Å². The number of aryl methyl sites for hydroxylation is 1. The zero-order valence-electron chi connectivity index (χ0n) is 15.1. The molecular weight excluding hydrogens is 380 g/mol. The standard InChI is InChI=1S/C21H17F2N3OS/c1-13-5-7-14(8-6-13)19-11-26-15(12-28-21(26)25-19)9-20(27)24-10-16-17(22)3-2-4-18(16)23/h2-8,11-12H,9-10H2,1H3,(H,24,27). The van der Waals surface area contributed by atoms with Gasteiger partial charge in [-0.2, -0.15) is 0 Å². The molecule has 0 unspecified atom stereocenters. The van der Waals surface area contributed by atoms with E-state index in [9.17, 15) is 13.6 Å². The molecule has 0 saturated heterocycles. The van der Waals surface area contributed by atoms with Crippen molar-refractivity contribution in [2.75, 3.05) is 0 Å². The van der Waals surface area contributed by atoms with Crippen molar-refractivity contribution >= 4 is 22.2 Å². The number of carbonyl (C=O) groups is 1. The molecule has 1 amide bonds. The van der Waals surface area contributed by atoms with Gasteiger partial charge in [0.2, 0.25) is 5.91 Å². The van der Waals surface area contributed by atoms with Crippen LogP contribution < -0.4 is 5.32 Å². The molecule has 7 heteroatoms. The zero-order chi connectivity index (χ0) is 19.7. The highest BCUT2D eigenvalue weighted by Gasteiger charge is 2.14. The molecule has 4 nitrogen and oxygen atoms in total. The van der Waals surface area contributed by atoms with E-state index in [1.807, 2.05) is 47.2 Å². The van der Waals surface area contributed by atoms with Crippen LogP contribution in [0.2, 0.25) is 0 Å². The van der Waals surface area contributed by atoms with Crippen molar-refractivity contribution < 1.29 is 13.6 Å². The van der Waals surface area contributed by atoms with Gasteiger partial charge in [-0.25, -0.2) is 13.8 Å². The molecular formula is C21H17F2N3OS. The summed E-state index contributed by atoms with van der Waals surface area (Å²) < 4.78 is 29.2. The number of halogens is 2. The molecule has 0 fully saturated rings. The molecule has 0 radical (unpaired) electrons. The van der Waals surface area contributed by atoms with E-state index in [1.165, 1.54) is 35.1 Å². The van der Waals surface area contributed by atoms with Gasteiger partial charge in [0, 0.05) is 34.9 Å². The van der Waals surface area contributed by atoms with Crippen LogP contribution in [0.4, 0.5) is 8.78 Å². The smallest absolute Gasteiger partial charge is 0.226 e. The second kappa shape index (κ2) is 7.52. The number of hydrogen-bond donors (Lipinski definition) is 1. The van der Waals surface area contributed by atoms with Gasteiger partial charge >= 0.3 is 0 Å². The van der Waals surface area contributed by atoms with Crippen LogP contribution in [0.1, 0.15) is 16.8 Å². The predicted octanol–water partition coefficient (Wildman–Crippen LogP) is 4.51. The first-order valence-corrected chi connectivity index (χ1v) is 9.61. The molecule has 2 heterocycles. The lowest BCUT2D eigenvalue weighted by molar-refractivity contribution is -0.120. The summed E-state index contributed by atoms with van der Waals surface area (Å²) in [6.07, 6.45) is 2.00. The quantitative estimate of drug-likeness (QED) is 0.539. The molecule has 0 saturated carbocycles. The number of carbonyl (C=O) groups excluding carboxylic acids is 1. The maximum Gasteiger partial charge on any atom is 0.226 e. The first kappa shape index (κ1) is 18.3. The lowest BCUT2D eigenvalue weighted by Gasteiger charge is -2.07. The number of imidazole rings is 1. The summed E-state index contributed by atoms with van der Waals surface area (Å²) in [5.74, 6) is -1.65. The average Bonchev–Trinajstić information content (AvgIpc) is 3.24. The number of nitrogens with zero attached hydrogens (tertiary/aromatic N) is 2. The Hall–Kier alpha value is -3.06. The fraction of sp³-hybridized carbons (Fsp3) is 0.143. The molecule has 0 spiro atoms. The van der Waals surface area contributed by atoms with E-state index in [1.54, 1.807) is 0 Å². The molecule has 1 N–H and O–H groups in total. The van der Waals surface area contributed by atoms with Gasteiger partial charge < -0.3 is 5.32 Å². The lowest BCUT2D eigenvalue weighted by atomic mass is 10.1. The molecule has 28 heavy (non-hydrogen) atoms. The number of aromatic nitrogens is 2. The Morgan fingerprint density at radius 1 is 1.14 bits per heavy atom. The molecule has 0 bridgehead atoms. The second-order valence-corrected chi connectivity index (χ2v) is 7.36. The summed E-state index contributed by atoms with van der Waals surface area (Å²) >= 11 is 1.45. The van der Waals surface area contributed by atoms with Gasteiger partial charge in [-0.3, -0.25) is 9.20 Å². The van der Waals surface area contributed by atoms with Gasteiger partial charge in [0.1, 0.15) is 11.6 Å². The first-order chi connectivity index (χ1) is 13.5.